The number of nitrogens with two attached hydrogens (primary N) is 1. The van der Waals surface area contributed by atoms with Gasteiger partial charge in [-0.25, -0.2) is 0 Å². The maximum Gasteiger partial charge on any atom is 0.257 e. The van der Waals surface area contributed by atoms with Crippen molar-refractivity contribution in [1.29, 1.82) is 0 Å². The number of aromatic nitrogens is 2. The van der Waals surface area contributed by atoms with E-state index in [0.29, 0.717) is 33.7 Å². The fourth-order valence-electron chi connectivity index (χ4n) is 1.53. The van der Waals surface area contributed by atoms with Gasteiger partial charge in [-0.1, -0.05) is 11.3 Å². The van der Waals surface area contributed by atoms with Gasteiger partial charge in [0, 0.05) is 12.1 Å². The number of hydrogen-bond donors (Lipinski definition) is 2. The number of nitrogens with zero attached hydrogens (tertiary/aromatic N) is 2. The lowest BCUT2D eigenvalue weighted by Crippen LogP contribution is -2.12. The Hall–Kier alpha value is -2.19. The van der Waals surface area contributed by atoms with Crippen molar-refractivity contribution in [3.63, 3.8) is 0 Å². The molecule has 1 heterocycles. The molecule has 2 aromatic rings. The molecule has 0 saturated carbocycles. The van der Waals surface area contributed by atoms with E-state index in [0.717, 1.165) is 0 Å². The van der Waals surface area contributed by atoms with E-state index in [1.807, 2.05) is 0 Å². The quantitative estimate of drug-likeness (QED) is 0.861. The highest BCUT2D eigenvalue weighted by Gasteiger charge is 2.13. The zero-order chi connectivity index (χ0) is 14.5. The minimum Gasteiger partial charge on any atom is -0.493 e. The average molecular weight is 294 g/mol. The molecular weight excluding hydrogens is 280 g/mol. The molecule has 2 rings (SSSR count). The minimum absolute atomic E-state index is 0.296. The number of hydrogen-bond acceptors (Lipinski definition) is 7. The summed E-state index contributed by atoms with van der Waals surface area (Å²) in [6.07, 6.45) is 0. The smallest absolute Gasteiger partial charge is 0.257 e. The first-order chi connectivity index (χ1) is 9.67. The Balaban J connectivity index is 2.16. The lowest BCUT2D eigenvalue weighted by molar-refractivity contribution is 0.102. The maximum atomic E-state index is 12.1. The van der Waals surface area contributed by atoms with E-state index in [1.165, 1.54) is 25.6 Å². The second-order valence-electron chi connectivity index (χ2n) is 3.73. The van der Waals surface area contributed by atoms with E-state index in [1.54, 1.807) is 18.2 Å². The molecule has 0 spiro atoms. The predicted octanol–water partition coefficient (Wildman–Crippen LogP) is 1.27. The zero-order valence-corrected chi connectivity index (χ0v) is 11.9. The number of nitrogens with one attached hydrogen (secondary N) is 1. The number of amides is 1. The molecule has 3 N–H and O–H groups in total. The number of benzene rings is 1. The van der Waals surface area contributed by atoms with E-state index < -0.39 is 0 Å². The molecular formula is C12H14N4O3S. The Morgan fingerprint density at radius 1 is 1.30 bits per heavy atom. The number of carbonyl (C=O) groups excluding carboxylic acids is 1. The topological polar surface area (TPSA) is 99.4 Å². The van der Waals surface area contributed by atoms with Gasteiger partial charge < -0.3 is 15.2 Å². The normalized spacial score (nSPS) is 10.2. The van der Waals surface area contributed by atoms with Gasteiger partial charge in [0.1, 0.15) is 5.01 Å². The van der Waals surface area contributed by atoms with Crippen molar-refractivity contribution < 1.29 is 14.3 Å². The van der Waals surface area contributed by atoms with Crippen LogP contribution in [0.1, 0.15) is 15.4 Å². The second-order valence-corrected chi connectivity index (χ2v) is 4.79. The Kier molecular flexibility index (Phi) is 4.49. The van der Waals surface area contributed by atoms with Gasteiger partial charge in [-0.05, 0) is 18.2 Å². The number of methoxy groups -OCH3 is 2. The molecule has 0 aliphatic carbocycles. The molecule has 0 fully saturated rings. The van der Waals surface area contributed by atoms with Gasteiger partial charge in [0.15, 0.2) is 11.5 Å². The van der Waals surface area contributed by atoms with Crippen LogP contribution in [0.3, 0.4) is 0 Å². The molecule has 0 atom stereocenters. The third kappa shape index (κ3) is 3.03. The van der Waals surface area contributed by atoms with Crippen molar-refractivity contribution in [2.45, 2.75) is 6.54 Å². The molecule has 0 bridgehead atoms. The molecule has 1 amide bonds. The first-order valence-electron chi connectivity index (χ1n) is 5.73. The van der Waals surface area contributed by atoms with Gasteiger partial charge in [-0.2, -0.15) is 0 Å². The monoisotopic (exact) mass is 294 g/mol. The number of rotatable bonds is 5. The number of ether oxygens (including phenoxy) is 2. The first-order valence-corrected chi connectivity index (χ1v) is 6.55. The SMILES string of the molecule is COc1ccc(C(=O)Nc2nnc(CN)s2)cc1OC. The standard InChI is InChI=1S/C12H14N4O3S/c1-18-8-4-3-7(5-9(8)19-2)11(17)14-12-16-15-10(6-13)20-12/h3-5H,6,13H2,1-2H3,(H,14,16,17). The molecule has 1 aromatic heterocycles. The van der Waals surface area contributed by atoms with E-state index in [4.69, 9.17) is 15.2 Å². The summed E-state index contributed by atoms with van der Waals surface area (Å²) in [7, 11) is 3.05. The third-order valence-electron chi connectivity index (χ3n) is 2.51. The molecule has 0 aliphatic rings. The van der Waals surface area contributed by atoms with Crippen LogP contribution in [0.25, 0.3) is 0 Å². The van der Waals surface area contributed by atoms with Crippen molar-refractivity contribution >= 4 is 22.4 Å². The second kappa shape index (κ2) is 6.31. The molecule has 0 unspecified atom stereocenters. The molecule has 7 nitrogen and oxygen atoms in total. The van der Waals surface area contributed by atoms with Gasteiger partial charge in [-0.15, -0.1) is 10.2 Å². The van der Waals surface area contributed by atoms with Crippen molar-refractivity contribution in [2.75, 3.05) is 19.5 Å². The highest BCUT2D eigenvalue weighted by molar-refractivity contribution is 7.15. The highest BCUT2D eigenvalue weighted by Crippen LogP contribution is 2.28. The highest BCUT2D eigenvalue weighted by atomic mass is 32.1. The molecule has 0 aliphatic heterocycles. The molecule has 106 valence electrons. The van der Waals surface area contributed by atoms with Gasteiger partial charge >= 0.3 is 0 Å². The van der Waals surface area contributed by atoms with Gasteiger partial charge in [0.2, 0.25) is 5.13 Å². The van der Waals surface area contributed by atoms with Crippen LogP contribution >= 0.6 is 11.3 Å². The van der Waals surface area contributed by atoms with Crippen molar-refractivity contribution in [3.8, 4) is 11.5 Å². The Labute approximate surface area is 119 Å². The van der Waals surface area contributed by atoms with E-state index in [2.05, 4.69) is 15.5 Å². The van der Waals surface area contributed by atoms with Crippen LogP contribution in [0.15, 0.2) is 18.2 Å². The van der Waals surface area contributed by atoms with Gasteiger partial charge in [0.05, 0.1) is 14.2 Å². The van der Waals surface area contributed by atoms with E-state index in [9.17, 15) is 4.79 Å². The summed E-state index contributed by atoms with van der Waals surface area (Å²) in [4.78, 5) is 12.1. The van der Waals surface area contributed by atoms with Crippen molar-refractivity contribution in [2.24, 2.45) is 5.73 Å². The molecule has 0 radical (unpaired) electrons. The van der Waals surface area contributed by atoms with E-state index >= 15 is 0 Å². The Morgan fingerprint density at radius 3 is 2.65 bits per heavy atom. The molecule has 20 heavy (non-hydrogen) atoms. The summed E-state index contributed by atoms with van der Waals surface area (Å²) in [6.45, 7) is 0.296. The van der Waals surface area contributed by atoms with Gasteiger partial charge in [-0.3, -0.25) is 10.1 Å². The fourth-order valence-corrected chi connectivity index (χ4v) is 2.15. The van der Waals surface area contributed by atoms with Crippen LogP contribution in [0, 0.1) is 0 Å². The first kappa shape index (κ1) is 14.2. The lowest BCUT2D eigenvalue weighted by atomic mass is 10.2. The Morgan fingerprint density at radius 2 is 2.05 bits per heavy atom. The molecule has 0 saturated heterocycles. The number of carbonyl (C=O) groups is 1. The zero-order valence-electron chi connectivity index (χ0n) is 11.0. The summed E-state index contributed by atoms with van der Waals surface area (Å²) < 4.78 is 10.3. The summed E-state index contributed by atoms with van der Waals surface area (Å²) >= 11 is 1.24. The van der Waals surface area contributed by atoms with Crippen LogP contribution in [-0.4, -0.2) is 30.3 Å². The summed E-state index contributed by atoms with van der Waals surface area (Å²) in [5.41, 5.74) is 5.88. The van der Waals surface area contributed by atoms with Crippen LogP contribution in [0.4, 0.5) is 5.13 Å². The van der Waals surface area contributed by atoms with Crippen LogP contribution in [0.2, 0.25) is 0 Å². The van der Waals surface area contributed by atoms with E-state index in [-0.39, 0.29) is 5.91 Å². The van der Waals surface area contributed by atoms with Crippen LogP contribution in [0.5, 0.6) is 11.5 Å². The maximum absolute atomic E-state index is 12.1. The summed E-state index contributed by atoms with van der Waals surface area (Å²) in [5, 5.41) is 11.4. The Bertz CT molecular complexity index is 614. The number of anilines is 1. The van der Waals surface area contributed by atoms with Gasteiger partial charge in [0.25, 0.3) is 5.91 Å². The molecule has 8 heteroatoms. The summed E-state index contributed by atoms with van der Waals surface area (Å²) in [5.74, 6) is 0.746. The van der Waals surface area contributed by atoms with Crippen molar-refractivity contribution in [3.05, 3.63) is 28.8 Å². The van der Waals surface area contributed by atoms with Crippen LogP contribution < -0.4 is 20.5 Å². The molecule has 1 aromatic carbocycles. The minimum atomic E-state index is -0.300. The fraction of sp³-hybridized carbons (Fsp3) is 0.250. The van der Waals surface area contributed by atoms with Crippen molar-refractivity contribution in [1.82, 2.24) is 10.2 Å². The van der Waals surface area contributed by atoms with Crippen LogP contribution in [-0.2, 0) is 6.54 Å². The average Bonchev–Trinajstić information content (AvgIpc) is 2.94. The largest absolute Gasteiger partial charge is 0.493 e. The third-order valence-corrected chi connectivity index (χ3v) is 3.37. The predicted molar refractivity (Wildman–Crippen MR) is 75.3 cm³/mol. The lowest BCUT2D eigenvalue weighted by Gasteiger charge is -2.08. The summed E-state index contributed by atoms with van der Waals surface area (Å²) in [6, 6.07) is 4.90.